The van der Waals surface area contributed by atoms with E-state index < -0.39 is 0 Å². The van der Waals surface area contributed by atoms with Crippen LogP contribution < -0.4 is 20.9 Å². The molecule has 0 amide bonds. The van der Waals surface area contributed by atoms with Crippen LogP contribution in [0.2, 0.25) is 0 Å². The van der Waals surface area contributed by atoms with Crippen LogP contribution in [0.1, 0.15) is 25.7 Å². The van der Waals surface area contributed by atoms with E-state index in [1.165, 1.54) is 0 Å². The van der Waals surface area contributed by atoms with Gasteiger partial charge in [0.15, 0.2) is 0 Å². The normalized spacial score (nSPS) is 10.3. The molecule has 0 aliphatic heterocycles. The Balaban J connectivity index is 1.55. The number of carbonyl (C=O) groups is 1. The van der Waals surface area contributed by atoms with E-state index in [4.69, 9.17) is 20.9 Å². The number of ether oxygens (including phenoxy) is 2. The van der Waals surface area contributed by atoms with Crippen molar-refractivity contribution in [3.63, 3.8) is 0 Å². The summed E-state index contributed by atoms with van der Waals surface area (Å²) < 4.78 is 10.8. The van der Waals surface area contributed by atoms with Gasteiger partial charge in [-0.3, -0.25) is 4.79 Å². The van der Waals surface area contributed by atoms with Crippen molar-refractivity contribution in [3.05, 3.63) is 48.5 Å². The second kappa shape index (κ2) is 8.68. The number of hydrogen-bond donors (Lipinski definition) is 2. The first-order valence-corrected chi connectivity index (χ1v) is 7.68. The Morgan fingerprint density at radius 3 is 1.96 bits per heavy atom. The number of hydrogen-bond acceptors (Lipinski definition) is 5. The molecule has 2 rings (SSSR count). The van der Waals surface area contributed by atoms with Crippen LogP contribution in [-0.2, 0) is 4.79 Å². The zero-order valence-electron chi connectivity index (χ0n) is 13.0. The summed E-state index contributed by atoms with van der Waals surface area (Å²) in [5, 5.41) is 0. The van der Waals surface area contributed by atoms with Gasteiger partial charge in [-0.25, -0.2) is 0 Å². The third-order valence-corrected chi connectivity index (χ3v) is 3.29. The fourth-order valence-electron chi connectivity index (χ4n) is 2.02. The Bertz CT molecular complexity index is 609. The molecule has 0 radical (unpaired) electrons. The number of anilines is 2. The maximum atomic E-state index is 11.7. The quantitative estimate of drug-likeness (QED) is 0.337. The summed E-state index contributed by atoms with van der Waals surface area (Å²) in [6.07, 6.45) is 2.97. The Morgan fingerprint density at radius 1 is 0.783 bits per heavy atom. The smallest absolute Gasteiger partial charge is 0.311 e. The van der Waals surface area contributed by atoms with Crippen LogP contribution in [0.5, 0.6) is 11.5 Å². The van der Waals surface area contributed by atoms with Crippen molar-refractivity contribution in [1.82, 2.24) is 0 Å². The minimum atomic E-state index is -0.228. The molecule has 0 aliphatic rings. The maximum Gasteiger partial charge on any atom is 0.311 e. The lowest BCUT2D eigenvalue weighted by Crippen LogP contribution is -2.07. The molecule has 0 fully saturated rings. The highest BCUT2D eigenvalue weighted by atomic mass is 16.5. The summed E-state index contributed by atoms with van der Waals surface area (Å²) in [6.45, 7) is 0.622. The fourth-order valence-corrected chi connectivity index (χ4v) is 2.02. The molecule has 0 aromatic heterocycles. The first-order valence-electron chi connectivity index (χ1n) is 7.68. The molecule has 122 valence electrons. The fraction of sp³-hybridized carbons (Fsp3) is 0.278. The van der Waals surface area contributed by atoms with E-state index in [1.807, 2.05) is 24.3 Å². The van der Waals surface area contributed by atoms with E-state index in [-0.39, 0.29) is 5.97 Å². The molecule has 0 atom stereocenters. The highest BCUT2D eigenvalue weighted by Gasteiger charge is 2.04. The largest absolute Gasteiger partial charge is 0.494 e. The van der Waals surface area contributed by atoms with Gasteiger partial charge >= 0.3 is 5.97 Å². The molecular weight excluding hydrogens is 292 g/mol. The van der Waals surface area contributed by atoms with Crippen molar-refractivity contribution < 1.29 is 14.3 Å². The number of nitrogens with two attached hydrogens (primary N) is 2. The van der Waals surface area contributed by atoms with Crippen molar-refractivity contribution in [1.29, 1.82) is 0 Å². The Kier molecular flexibility index (Phi) is 6.29. The molecule has 0 saturated carbocycles. The minimum Gasteiger partial charge on any atom is -0.494 e. The highest BCUT2D eigenvalue weighted by molar-refractivity contribution is 5.72. The van der Waals surface area contributed by atoms with E-state index in [0.717, 1.165) is 30.7 Å². The first-order chi connectivity index (χ1) is 11.1. The second-order valence-electron chi connectivity index (χ2n) is 5.27. The van der Waals surface area contributed by atoms with Crippen LogP contribution in [0.25, 0.3) is 0 Å². The third kappa shape index (κ3) is 6.30. The average molecular weight is 314 g/mol. The van der Waals surface area contributed by atoms with Crippen LogP contribution in [0.15, 0.2) is 48.5 Å². The van der Waals surface area contributed by atoms with Crippen molar-refractivity contribution >= 4 is 17.3 Å². The molecule has 0 saturated heterocycles. The van der Waals surface area contributed by atoms with E-state index in [1.54, 1.807) is 24.3 Å². The molecule has 5 nitrogen and oxygen atoms in total. The minimum absolute atomic E-state index is 0.228. The molecule has 0 aliphatic carbocycles. The Hall–Kier alpha value is -2.69. The van der Waals surface area contributed by atoms with Gasteiger partial charge in [0.05, 0.1) is 6.61 Å². The zero-order valence-corrected chi connectivity index (χ0v) is 13.0. The maximum absolute atomic E-state index is 11.7. The van der Waals surface area contributed by atoms with E-state index >= 15 is 0 Å². The molecule has 2 aromatic rings. The van der Waals surface area contributed by atoms with Crippen molar-refractivity contribution in [2.45, 2.75) is 25.7 Å². The molecule has 0 bridgehead atoms. The van der Waals surface area contributed by atoms with Crippen LogP contribution in [0, 0.1) is 0 Å². The predicted molar refractivity (Wildman–Crippen MR) is 91.3 cm³/mol. The van der Waals surface area contributed by atoms with Crippen molar-refractivity contribution in [2.75, 3.05) is 18.1 Å². The summed E-state index contributed by atoms with van der Waals surface area (Å²) in [4.78, 5) is 11.7. The van der Waals surface area contributed by atoms with Crippen LogP contribution in [0.3, 0.4) is 0 Å². The number of benzene rings is 2. The molecule has 23 heavy (non-hydrogen) atoms. The standard InChI is InChI=1S/C18H22N2O3/c19-14-5-9-16(10-6-14)22-13-3-1-2-4-18(21)23-17-11-7-15(20)8-12-17/h5-12H,1-4,13,19-20H2. The van der Waals surface area contributed by atoms with Crippen molar-refractivity contribution in [3.8, 4) is 11.5 Å². The molecule has 2 aromatic carbocycles. The predicted octanol–water partition coefficient (Wildman–Crippen LogP) is 3.40. The SMILES string of the molecule is Nc1ccc(OCCCCCC(=O)Oc2ccc(N)cc2)cc1. The lowest BCUT2D eigenvalue weighted by Gasteiger charge is -2.07. The molecule has 0 heterocycles. The van der Waals surface area contributed by atoms with E-state index in [9.17, 15) is 4.79 Å². The van der Waals surface area contributed by atoms with Gasteiger partial charge in [0.1, 0.15) is 11.5 Å². The molecule has 0 spiro atoms. The molecule has 5 heteroatoms. The van der Waals surface area contributed by atoms with Crippen molar-refractivity contribution in [2.24, 2.45) is 0 Å². The summed E-state index contributed by atoms with van der Waals surface area (Å²) >= 11 is 0. The van der Waals surface area contributed by atoms with Gasteiger partial charge in [0, 0.05) is 17.8 Å². The number of rotatable bonds is 8. The third-order valence-electron chi connectivity index (χ3n) is 3.29. The number of unbranched alkanes of at least 4 members (excludes halogenated alkanes) is 2. The second-order valence-corrected chi connectivity index (χ2v) is 5.27. The molecule has 0 unspecified atom stereocenters. The van der Waals surface area contributed by atoms with Gasteiger partial charge in [-0.15, -0.1) is 0 Å². The van der Waals surface area contributed by atoms with Crippen LogP contribution in [-0.4, -0.2) is 12.6 Å². The highest BCUT2D eigenvalue weighted by Crippen LogP contribution is 2.15. The lowest BCUT2D eigenvalue weighted by molar-refractivity contribution is -0.134. The van der Waals surface area contributed by atoms with Gasteiger partial charge in [-0.2, -0.15) is 0 Å². The average Bonchev–Trinajstić information content (AvgIpc) is 2.54. The van der Waals surface area contributed by atoms with Gasteiger partial charge in [0.2, 0.25) is 0 Å². The summed E-state index contributed by atoms with van der Waals surface area (Å²) in [5.74, 6) is 1.10. The van der Waals surface area contributed by atoms with Gasteiger partial charge in [-0.05, 0) is 67.8 Å². The topological polar surface area (TPSA) is 87.6 Å². The Morgan fingerprint density at radius 2 is 1.35 bits per heavy atom. The molecule has 4 N–H and O–H groups in total. The first kappa shape index (κ1) is 16.7. The Labute approximate surface area is 136 Å². The zero-order chi connectivity index (χ0) is 16.5. The van der Waals surface area contributed by atoms with Crippen LogP contribution in [0.4, 0.5) is 11.4 Å². The summed E-state index contributed by atoms with van der Waals surface area (Å²) in [6, 6.07) is 14.1. The van der Waals surface area contributed by atoms with E-state index in [0.29, 0.717) is 24.5 Å². The summed E-state index contributed by atoms with van der Waals surface area (Å²) in [5.41, 5.74) is 12.5. The summed E-state index contributed by atoms with van der Waals surface area (Å²) in [7, 11) is 0. The van der Waals surface area contributed by atoms with E-state index in [2.05, 4.69) is 0 Å². The lowest BCUT2D eigenvalue weighted by atomic mass is 10.2. The number of nitrogen functional groups attached to an aromatic ring is 2. The van der Waals surface area contributed by atoms with Gasteiger partial charge in [0.25, 0.3) is 0 Å². The monoisotopic (exact) mass is 314 g/mol. The molecular formula is C18H22N2O3. The van der Waals surface area contributed by atoms with Crippen LogP contribution >= 0.6 is 0 Å². The number of esters is 1. The number of carbonyl (C=O) groups excluding carboxylic acids is 1. The van der Waals surface area contributed by atoms with Gasteiger partial charge < -0.3 is 20.9 Å². The van der Waals surface area contributed by atoms with Gasteiger partial charge in [-0.1, -0.05) is 0 Å².